The van der Waals surface area contributed by atoms with Gasteiger partial charge < -0.3 is 24.4 Å². The summed E-state index contributed by atoms with van der Waals surface area (Å²) >= 11 is 0. The number of methoxy groups -OCH3 is 2. The van der Waals surface area contributed by atoms with E-state index in [1.165, 1.54) is 6.20 Å². The highest BCUT2D eigenvalue weighted by Gasteiger charge is 2.29. The minimum atomic E-state index is -0.341. The Balaban J connectivity index is 1.99. The van der Waals surface area contributed by atoms with Gasteiger partial charge in [-0.2, -0.15) is 5.26 Å². The molecule has 0 aliphatic carbocycles. The molecule has 2 rings (SSSR count). The number of carbonyl (C=O) groups excluding carboxylic acids is 2. The number of nitrogens with zero attached hydrogens (tertiary/aromatic N) is 2. The molecule has 1 fully saturated rings. The van der Waals surface area contributed by atoms with Crippen LogP contribution in [0.25, 0.3) is 0 Å². The second-order valence-electron chi connectivity index (χ2n) is 6.99. The zero-order chi connectivity index (χ0) is 22.1. The van der Waals surface area contributed by atoms with Gasteiger partial charge >= 0.3 is 5.97 Å². The van der Waals surface area contributed by atoms with E-state index in [1.807, 2.05) is 25.1 Å². The van der Waals surface area contributed by atoms with Crippen molar-refractivity contribution >= 4 is 11.9 Å². The second kappa shape index (κ2) is 11.1. The van der Waals surface area contributed by atoms with E-state index in [4.69, 9.17) is 14.2 Å². The maximum atomic E-state index is 12.7. The van der Waals surface area contributed by atoms with Crippen molar-refractivity contribution < 1.29 is 23.8 Å². The van der Waals surface area contributed by atoms with E-state index in [0.717, 1.165) is 5.56 Å². The van der Waals surface area contributed by atoms with Crippen molar-refractivity contribution in [2.24, 2.45) is 5.92 Å². The van der Waals surface area contributed by atoms with Crippen molar-refractivity contribution in [1.82, 2.24) is 10.2 Å². The third-order valence-electron chi connectivity index (χ3n) is 5.14. The molecule has 1 atom stereocenters. The zero-order valence-corrected chi connectivity index (χ0v) is 17.9. The Labute approximate surface area is 177 Å². The number of rotatable bonds is 8. The molecule has 1 aliphatic rings. The highest BCUT2D eigenvalue weighted by atomic mass is 16.5. The monoisotopic (exact) mass is 415 g/mol. The maximum absolute atomic E-state index is 12.7. The summed E-state index contributed by atoms with van der Waals surface area (Å²) in [5, 5.41) is 12.6. The van der Waals surface area contributed by atoms with Gasteiger partial charge in [0.2, 0.25) is 0 Å². The second-order valence-corrected chi connectivity index (χ2v) is 6.99. The largest absolute Gasteiger partial charge is 0.493 e. The molecule has 0 saturated carbocycles. The van der Waals surface area contributed by atoms with Gasteiger partial charge in [-0.05, 0) is 44.4 Å². The number of esters is 1. The summed E-state index contributed by atoms with van der Waals surface area (Å²) in [5.41, 5.74) is 0.945. The van der Waals surface area contributed by atoms with Gasteiger partial charge in [-0.1, -0.05) is 6.07 Å². The fourth-order valence-electron chi connectivity index (χ4n) is 3.32. The number of hydrogen-bond donors (Lipinski definition) is 1. The maximum Gasteiger partial charge on any atom is 0.309 e. The van der Waals surface area contributed by atoms with Crippen LogP contribution < -0.4 is 14.8 Å². The Bertz CT molecular complexity index is 823. The quantitative estimate of drug-likeness (QED) is 0.396. The Morgan fingerprint density at radius 1 is 1.27 bits per heavy atom. The molecule has 30 heavy (non-hydrogen) atoms. The van der Waals surface area contributed by atoms with Gasteiger partial charge in [-0.3, -0.25) is 9.59 Å². The number of carbonyl (C=O) groups is 2. The first-order chi connectivity index (χ1) is 14.4. The van der Waals surface area contributed by atoms with Crippen LogP contribution in [-0.4, -0.2) is 50.7 Å². The molecular weight excluding hydrogens is 386 g/mol. The number of hydrogen-bond acceptors (Lipinski definition) is 7. The number of ether oxygens (including phenoxy) is 3. The van der Waals surface area contributed by atoms with E-state index < -0.39 is 0 Å². The van der Waals surface area contributed by atoms with Crippen molar-refractivity contribution in [1.29, 1.82) is 5.26 Å². The molecule has 1 amide bonds. The van der Waals surface area contributed by atoms with E-state index in [1.54, 1.807) is 32.1 Å². The van der Waals surface area contributed by atoms with Gasteiger partial charge in [-0.25, -0.2) is 0 Å². The molecule has 0 bridgehead atoms. The van der Waals surface area contributed by atoms with Gasteiger partial charge in [-0.15, -0.1) is 0 Å². The number of amides is 1. The molecule has 1 N–H and O–H groups in total. The first-order valence-corrected chi connectivity index (χ1v) is 9.99. The summed E-state index contributed by atoms with van der Waals surface area (Å²) in [5.74, 6) is 0.487. The molecule has 162 valence electrons. The summed E-state index contributed by atoms with van der Waals surface area (Å²) in [6, 6.07) is 7.36. The fourth-order valence-corrected chi connectivity index (χ4v) is 3.32. The lowest BCUT2D eigenvalue weighted by Gasteiger charge is -2.30. The third-order valence-corrected chi connectivity index (χ3v) is 5.14. The Morgan fingerprint density at radius 3 is 2.50 bits per heavy atom. The van der Waals surface area contributed by atoms with Crippen LogP contribution in [0.5, 0.6) is 11.5 Å². The Kier molecular flexibility index (Phi) is 8.54. The molecule has 0 radical (unpaired) electrons. The van der Waals surface area contributed by atoms with E-state index >= 15 is 0 Å². The molecule has 0 aromatic heterocycles. The molecule has 1 unspecified atom stereocenters. The van der Waals surface area contributed by atoms with Gasteiger partial charge in [0.05, 0.1) is 26.7 Å². The molecule has 1 aromatic rings. The summed E-state index contributed by atoms with van der Waals surface area (Å²) in [4.78, 5) is 26.2. The molecular formula is C22H29N3O5. The number of nitrogens with one attached hydrogen (secondary N) is 1. The number of nitriles is 1. The minimum absolute atomic E-state index is 0.0249. The summed E-state index contributed by atoms with van der Waals surface area (Å²) in [6.07, 6.45) is 2.53. The first kappa shape index (κ1) is 23.1. The average molecular weight is 415 g/mol. The van der Waals surface area contributed by atoms with Crippen LogP contribution in [0.1, 0.15) is 38.3 Å². The number of benzene rings is 1. The van der Waals surface area contributed by atoms with Crippen molar-refractivity contribution in [3.8, 4) is 17.6 Å². The van der Waals surface area contributed by atoms with Crippen molar-refractivity contribution in [3.63, 3.8) is 0 Å². The van der Waals surface area contributed by atoms with Crippen molar-refractivity contribution in [2.75, 3.05) is 33.9 Å². The predicted octanol–water partition coefficient (Wildman–Crippen LogP) is 2.56. The van der Waals surface area contributed by atoms with Crippen LogP contribution in [0.3, 0.4) is 0 Å². The number of piperidine rings is 1. The SMILES string of the molecule is CCOC(=O)C1CCN(C(=O)/C(C#N)=C\NC(C)c2ccc(OC)c(OC)c2)CC1. The highest BCUT2D eigenvalue weighted by Crippen LogP contribution is 2.30. The van der Waals surface area contributed by atoms with Crippen LogP contribution in [0.2, 0.25) is 0 Å². The van der Waals surface area contributed by atoms with Crippen LogP contribution in [0, 0.1) is 17.2 Å². The van der Waals surface area contributed by atoms with Gasteiger partial charge in [0.15, 0.2) is 11.5 Å². The fraction of sp³-hybridized carbons (Fsp3) is 0.500. The van der Waals surface area contributed by atoms with Crippen LogP contribution in [-0.2, 0) is 14.3 Å². The standard InChI is InChI=1S/C22H29N3O5/c1-5-30-22(27)16-8-10-25(11-9-16)21(26)18(13-23)14-24-15(2)17-6-7-19(28-3)20(12-17)29-4/h6-7,12,14-16,24H,5,8-11H2,1-4H3/b18-14-. The molecule has 8 nitrogen and oxygen atoms in total. The van der Waals surface area contributed by atoms with Crippen LogP contribution >= 0.6 is 0 Å². The smallest absolute Gasteiger partial charge is 0.309 e. The molecule has 1 heterocycles. The van der Waals surface area contributed by atoms with Gasteiger partial charge in [0.1, 0.15) is 11.6 Å². The lowest BCUT2D eigenvalue weighted by Crippen LogP contribution is -2.41. The predicted molar refractivity (Wildman–Crippen MR) is 111 cm³/mol. The Hall–Kier alpha value is -3.21. The molecule has 8 heteroatoms. The molecule has 0 spiro atoms. The summed E-state index contributed by atoms with van der Waals surface area (Å²) in [6.45, 7) is 4.89. The van der Waals surface area contributed by atoms with E-state index in [-0.39, 0.29) is 29.4 Å². The topological polar surface area (TPSA) is 101 Å². The zero-order valence-electron chi connectivity index (χ0n) is 17.9. The lowest BCUT2D eigenvalue weighted by molar-refractivity contribution is -0.150. The third kappa shape index (κ3) is 5.66. The van der Waals surface area contributed by atoms with Gasteiger partial charge in [0, 0.05) is 25.3 Å². The van der Waals surface area contributed by atoms with E-state index in [2.05, 4.69) is 5.32 Å². The summed E-state index contributed by atoms with van der Waals surface area (Å²) in [7, 11) is 3.14. The summed E-state index contributed by atoms with van der Waals surface area (Å²) < 4.78 is 15.6. The molecule has 1 aromatic carbocycles. The van der Waals surface area contributed by atoms with Crippen molar-refractivity contribution in [2.45, 2.75) is 32.7 Å². The first-order valence-electron chi connectivity index (χ1n) is 9.99. The average Bonchev–Trinajstić information content (AvgIpc) is 2.78. The molecule has 1 saturated heterocycles. The number of likely N-dealkylation sites (tertiary alicyclic amines) is 1. The van der Waals surface area contributed by atoms with Crippen molar-refractivity contribution in [3.05, 3.63) is 35.5 Å². The lowest BCUT2D eigenvalue weighted by atomic mass is 9.96. The highest BCUT2D eigenvalue weighted by molar-refractivity contribution is 5.97. The van der Waals surface area contributed by atoms with Gasteiger partial charge in [0.25, 0.3) is 5.91 Å². The minimum Gasteiger partial charge on any atom is -0.493 e. The van der Waals surface area contributed by atoms with Crippen LogP contribution in [0.15, 0.2) is 30.0 Å². The molecule has 1 aliphatic heterocycles. The van der Waals surface area contributed by atoms with E-state index in [9.17, 15) is 14.9 Å². The van der Waals surface area contributed by atoms with Crippen LogP contribution in [0.4, 0.5) is 0 Å². The van der Waals surface area contributed by atoms with E-state index in [0.29, 0.717) is 44.0 Å². The Morgan fingerprint density at radius 2 is 1.93 bits per heavy atom. The normalized spacial score (nSPS) is 15.7.